The lowest BCUT2D eigenvalue weighted by molar-refractivity contribution is -0.122. The number of nitrogens with zero attached hydrogens (tertiary/aromatic N) is 2. The van der Waals surface area contributed by atoms with Crippen LogP contribution in [-0.2, 0) is 16.1 Å². The molecule has 2 amide bonds. The van der Waals surface area contributed by atoms with Crippen LogP contribution in [0.2, 0.25) is 0 Å². The van der Waals surface area contributed by atoms with Crippen molar-refractivity contribution in [3.63, 3.8) is 0 Å². The highest BCUT2D eigenvalue weighted by atomic mass is 32.1. The molecule has 1 aliphatic heterocycles. The number of ether oxygens (including phenoxy) is 2. The molecule has 1 heterocycles. The third kappa shape index (κ3) is 5.83. The zero-order valence-electron chi connectivity index (χ0n) is 20.3. The van der Waals surface area contributed by atoms with Gasteiger partial charge in [-0.15, -0.1) is 0 Å². The van der Waals surface area contributed by atoms with Crippen molar-refractivity contribution in [1.82, 2.24) is 4.90 Å². The summed E-state index contributed by atoms with van der Waals surface area (Å²) in [4.78, 5) is 29.6. The standard InChI is InChI=1S/C28H29N3O4S/c1-3-17-35-24-15-11-22(12-16-24)31-26(32)18-25(27(31)33)30(19-20-9-13-23(34-2)14-10-20)28(36)29-21-7-5-4-6-8-21/h4-16,25H,3,17-19H2,1-2H3,(H,29,36)/t25-/m0/s1. The summed E-state index contributed by atoms with van der Waals surface area (Å²) in [7, 11) is 1.61. The Morgan fingerprint density at radius 1 is 1.00 bits per heavy atom. The molecule has 1 N–H and O–H groups in total. The molecule has 3 aromatic rings. The van der Waals surface area contributed by atoms with Gasteiger partial charge in [-0.3, -0.25) is 9.59 Å². The molecule has 1 aliphatic rings. The number of benzene rings is 3. The number of thiocarbonyl (C=S) groups is 1. The topological polar surface area (TPSA) is 71.1 Å². The zero-order valence-corrected chi connectivity index (χ0v) is 21.2. The van der Waals surface area contributed by atoms with Crippen molar-refractivity contribution >= 4 is 40.5 Å². The van der Waals surface area contributed by atoms with Crippen LogP contribution < -0.4 is 19.7 Å². The first-order valence-electron chi connectivity index (χ1n) is 11.9. The Bertz CT molecular complexity index is 1200. The summed E-state index contributed by atoms with van der Waals surface area (Å²) >= 11 is 5.74. The van der Waals surface area contributed by atoms with Gasteiger partial charge in [-0.25, -0.2) is 4.90 Å². The molecule has 1 fully saturated rings. The first-order chi connectivity index (χ1) is 17.5. The minimum absolute atomic E-state index is 0.0275. The van der Waals surface area contributed by atoms with E-state index in [4.69, 9.17) is 21.7 Å². The number of imide groups is 1. The normalized spacial score (nSPS) is 15.1. The second kappa shape index (κ2) is 11.7. The highest BCUT2D eigenvalue weighted by Crippen LogP contribution is 2.29. The van der Waals surface area contributed by atoms with Crippen LogP contribution in [-0.4, -0.2) is 41.6 Å². The van der Waals surface area contributed by atoms with Gasteiger partial charge in [0.1, 0.15) is 17.5 Å². The molecule has 1 atom stereocenters. The van der Waals surface area contributed by atoms with Gasteiger partial charge in [0.05, 0.1) is 25.8 Å². The zero-order chi connectivity index (χ0) is 25.5. The van der Waals surface area contributed by atoms with E-state index in [1.165, 1.54) is 4.90 Å². The average molecular weight is 504 g/mol. The minimum Gasteiger partial charge on any atom is -0.497 e. The molecule has 8 heteroatoms. The third-order valence-electron chi connectivity index (χ3n) is 5.86. The number of hydrogen-bond donors (Lipinski definition) is 1. The largest absolute Gasteiger partial charge is 0.497 e. The van der Waals surface area contributed by atoms with Crippen LogP contribution in [0.25, 0.3) is 0 Å². The summed E-state index contributed by atoms with van der Waals surface area (Å²) in [5.41, 5.74) is 2.25. The molecule has 3 aromatic carbocycles. The van der Waals surface area contributed by atoms with Crippen molar-refractivity contribution < 1.29 is 19.1 Å². The number of para-hydroxylation sites is 1. The SMILES string of the molecule is CCCOc1ccc(N2C(=O)C[C@H](N(Cc3ccc(OC)cc3)C(=S)Nc3ccccc3)C2=O)cc1. The Hall–Kier alpha value is -3.91. The fraction of sp³-hybridized carbons (Fsp3) is 0.250. The maximum absolute atomic E-state index is 13.6. The molecule has 0 bridgehead atoms. The number of carbonyl (C=O) groups excluding carboxylic acids is 2. The summed E-state index contributed by atoms with van der Waals surface area (Å²) < 4.78 is 10.9. The highest BCUT2D eigenvalue weighted by molar-refractivity contribution is 7.80. The average Bonchev–Trinajstić information content (AvgIpc) is 3.20. The Labute approximate surface area is 216 Å². The molecule has 0 radical (unpaired) electrons. The van der Waals surface area contributed by atoms with Gasteiger partial charge in [-0.1, -0.05) is 37.3 Å². The maximum Gasteiger partial charge on any atom is 0.257 e. The first kappa shape index (κ1) is 25.2. The predicted octanol–water partition coefficient (Wildman–Crippen LogP) is 5.02. The molecular weight excluding hydrogens is 474 g/mol. The van der Waals surface area contributed by atoms with Crippen LogP contribution in [0.3, 0.4) is 0 Å². The van der Waals surface area contributed by atoms with E-state index < -0.39 is 6.04 Å². The molecule has 7 nitrogen and oxygen atoms in total. The van der Waals surface area contributed by atoms with Crippen LogP contribution in [0.5, 0.6) is 11.5 Å². The van der Waals surface area contributed by atoms with Gasteiger partial charge in [-0.2, -0.15) is 0 Å². The van der Waals surface area contributed by atoms with Gasteiger partial charge in [0, 0.05) is 12.2 Å². The Morgan fingerprint density at radius 2 is 1.67 bits per heavy atom. The van der Waals surface area contributed by atoms with E-state index in [0.29, 0.717) is 29.7 Å². The van der Waals surface area contributed by atoms with E-state index in [9.17, 15) is 9.59 Å². The Kier molecular flexibility index (Phi) is 8.17. The lowest BCUT2D eigenvalue weighted by atomic mass is 10.1. The number of amides is 2. The van der Waals surface area contributed by atoms with Crippen LogP contribution in [0.15, 0.2) is 78.9 Å². The number of methoxy groups -OCH3 is 1. The second-order valence-corrected chi connectivity index (χ2v) is 8.79. The Balaban J connectivity index is 1.58. The van der Waals surface area contributed by atoms with Crippen LogP contribution >= 0.6 is 12.2 Å². The van der Waals surface area contributed by atoms with E-state index in [1.54, 1.807) is 36.3 Å². The molecule has 0 aliphatic carbocycles. The minimum atomic E-state index is -0.737. The summed E-state index contributed by atoms with van der Waals surface area (Å²) in [6.07, 6.45) is 0.924. The fourth-order valence-electron chi connectivity index (χ4n) is 4.01. The number of rotatable bonds is 9. The number of hydrogen-bond acceptors (Lipinski definition) is 5. The lowest BCUT2D eigenvalue weighted by Crippen LogP contribution is -2.46. The van der Waals surface area contributed by atoms with Gasteiger partial charge in [0.25, 0.3) is 5.91 Å². The van der Waals surface area contributed by atoms with Crippen molar-refractivity contribution in [2.75, 3.05) is 23.9 Å². The number of carbonyl (C=O) groups is 2. The van der Waals surface area contributed by atoms with E-state index in [0.717, 1.165) is 23.4 Å². The lowest BCUT2D eigenvalue weighted by Gasteiger charge is -2.30. The van der Waals surface area contributed by atoms with E-state index in [2.05, 4.69) is 5.32 Å². The molecule has 36 heavy (non-hydrogen) atoms. The summed E-state index contributed by atoms with van der Waals surface area (Å²) in [5, 5.41) is 3.58. The summed E-state index contributed by atoms with van der Waals surface area (Å²) in [6.45, 7) is 2.99. The van der Waals surface area contributed by atoms with Gasteiger partial charge < -0.3 is 19.7 Å². The van der Waals surface area contributed by atoms with Crippen molar-refractivity contribution in [1.29, 1.82) is 0 Å². The monoisotopic (exact) mass is 503 g/mol. The van der Waals surface area contributed by atoms with Gasteiger partial charge in [-0.05, 0) is 72.7 Å². The smallest absolute Gasteiger partial charge is 0.257 e. The summed E-state index contributed by atoms with van der Waals surface area (Å²) in [5.74, 6) is 0.855. The number of nitrogens with one attached hydrogen (secondary N) is 1. The van der Waals surface area contributed by atoms with Crippen LogP contribution in [0.1, 0.15) is 25.3 Å². The first-order valence-corrected chi connectivity index (χ1v) is 12.3. The van der Waals surface area contributed by atoms with Crippen LogP contribution in [0.4, 0.5) is 11.4 Å². The molecule has 0 saturated carbocycles. The van der Waals surface area contributed by atoms with Crippen molar-refractivity contribution in [2.24, 2.45) is 0 Å². The quantitative estimate of drug-likeness (QED) is 0.325. The fourth-order valence-corrected chi connectivity index (χ4v) is 4.32. The van der Waals surface area contributed by atoms with Crippen molar-refractivity contribution in [3.05, 3.63) is 84.4 Å². The third-order valence-corrected chi connectivity index (χ3v) is 6.20. The van der Waals surface area contributed by atoms with Gasteiger partial charge in [0.15, 0.2) is 5.11 Å². The molecule has 0 unspecified atom stereocenters. The highest BCUT2D eigenvalue weighted by Gasteiger charge is 2.43. The molecule has 0 aromatic heterocycles. The maximum atomic E-state index is 13.6. The van der Waals surface area contributed by atoms with Gasteiger partial charge in [0.2, 0.25) is 5.91 Å². The van der Waals surface area contributed by atoms with E-state index >= 15 is 0 Å². The van der Waals surface area contributed by atoms with Crippen LogP contribution in [0, 0.1) is 0 Å². The molecular formula is C28H29N3O4S. The number of anilines is 2. The molecule has 186 valence electrons. The Morgan fingerprint density at radius 3 is 2.31 bits per heavy atom. The molecule has 1 saturated heterocycles. The van der Waals surface area contributed by atoms with E-state index in [-0.39, 0.29) is 18.2 Å². The predicted molar refractivity (Wildman–Crippen MR) is 144 cm³/mol. The molecule has 0 spiro atoms. The van der Waals surface area contributed by atoms with Crippen molar-refractivity contribution in [2.45, 2.75) is 32.4 Å². The second-order valence-electron chi connectivity index (χ2n) is 8.40. The molecule has 4 rings (SSSR count). The van der Waals surface area contributed by atoms with E-state index in [1.807, 2.05) is 61.5 Å². The summed E-state index contributed by atoms with van der Waals surface area (Å²) in [6, 6.07) is 23.3. The van der Waals surface area contributed by atoms with Gasteiger partial charge >= 0.3 is 0 Å². The van der Waals surface area contributed by atoms with Crippen molar-refractivity contribution in [3.8, 4) is 11.5 Å².